The van der Waals surface area contributed by atoms with Gasteiger partial charge in [-0.15, -0.1) is 11.8 Å². The second-order valence-corrected chi connectivity index (χ2v) is 6.82. The van der Waals surface area contributed by atoms with E-state index in [1.807, 2.05) is 56.6 Å². The molecule has 0 bridgehead atoms. The summed E-state index contributed by atoms with van der Waals surface area (Å²) in [5.74, 6) is 2.02. The largest absolute Gasteiger partial charge is 0.496 e. The van der Waals surface area contributed by atoms with Crippen LogP contribution in [0.15, 0.2) is 48.7 Å². The molecule has 1 aromatic carbocycles. The summed E-state index contributed by atoms with van der Waals surface area (Å²) in [6, 6.07) is 13.8. The predicted octanol–water partition coefficient (Wildman–Crippen LogP) is 2.74. The average Bonchev–Trinajstić information content (AvgIpc) is 2.63. The zero-order valence-electron chi connectivity index (χ0n) is 14.9. The molecule has 0 fully saturated rings. The van der Waals surface area contributed by atoms with Crippen LogP contribution >= 0.6 is 11.8 Å². The van der Waals surface area contributed by atoms with Gasteiger partial charge in [-0.2, -0.15) is 0 Å². The third-order valence-corrected chi connectivity index (χ3v) is 4.79. The van der Waals surface area contributed by atoms with Crippen LogP contribution in [-0.4, -0.2) is 49.3 Å². The summed E-state index contributed by atoms with van der Waals surface area (Å²) in [5, 5.41) is 3.02. The fraction of sp³-hybridized carbons (Fsp3) is 0.368. The Morgan fingerprint density at radius 1 is 1.24 bits per heavy atom. The third kappa shape index (κ3) is 6.07. The summed E-state index contributed by atoms with van der Waals surface area (Å²) in [6.45, 7) is 0.538. The standard InChI is InChI=1S/C19H25N3O2S/c1-22(2)17(16-9-4-5-10-18(16)24-3)12-21-19(23)14-25-13-15-8-6-7-11-20-15/h4-11,17H,12-14H2,1-3H3,(H,21,23). The highest BCUT2D eigenvalue weighted by Crippen LogP contribution is 2.27. The molecule has 1 aromatic heterocycles. The van der Waals surface area contributed by atoms with E-state index in [9.17, 15) is 4.79 Å². The number of hydrogen-bond acceptors (Lipinski definition) is 5. The molecular weight excluding hydrogens is 334 g/mol. The normalized spacial score (nSPS) is 12.0. The number of nitrogens with zero attached hydrogens (tertiary/aromatic N) is 2. The van der Waals surface area contributed by atoms with Gasteiger partial charge >= 0.3 is 0 Å². The van der Waals surface area contributed by atoms with Crippen molar-refractivity contribution in [3.8, 4) is 5.75 Å². The van der Waals surface area contributed by atoms with Crippen molar-refractivity contribution in [3.05, 3.63) is 59.9 Å². The number of thioether (sulfide) groups is 1. The Hall–Kier alpha value is -2.05. The van der Waals surface area contributed by atoms with Crippen LogP contribution in [-0.2, 0) is 10.5 Å². The Balaban J connectivity index is 1.85. The number of rotatable bonds is 9. The number of carbonyl (C=O) groups is 1. The highest BCUT2D eigenvalue weighted by Gasteiger charge is 2.18. The molecule has 0 radical (unpaired) electrons. The van der Waals surface area contributed by atoms with Crippen LogP contribution in [0.4, 0.5) is 0 Å². The molecule has 0 aliphatic heterocycles. The van der Waals surface area contributed by atoms with E-state index in [0.717, 1.165) is 22.8 Å². The van der Waals surface area contributed by atoms with Gasteiger partial charge in [-0.1, -0.05) is 24.3 Å². The molecule has 2 rings (SSSR count). The van der Waals surface area contributed by atoms with Gasteiger partial charge in [0.15, 0.2) is 0 Å². The molecule has 0 aliphatic rings. The van der Waals surface area contributed by atoms with Crippen molar-refractivity contribution in [2.24, 2.45) is 0 Å². The van der Waals surface area contributed by atoms with Gasteiger partial charge in [0.1, 0.15) is 5.75 Å². The van der Waals surface area contributed by atoms with Crippen LogP contribution in [0, 0.1) is 0 Å². The monoisotopic (exact) mass is 359 g/mol. The molecule has 0 spiro atoms. The van der Waals surface area contributed by atoms with Gasteiger partial charge in [-0.25, -0.2) is 0 Å². The maximum absolute atomic E-state index is 12.1. The van der Waals surface area contributed by atoms with Gasteiger partial charge < -0.3 is 15.0 Å². The molecular formula is C19H25N3O2S. The van der Waals surface area contributed by atoms with Crippen molar-refractivity contribution in [1.29, 1.82) is 0 Å². The number of amides is 1. The molecule has 1 heterocycles. The molecule has 25 heavy (non-hydrogen) atoms. The summed E-state index contributed by atoms with van der Waals surface area (Å²) in [7, 11) is 5.66. The first kappa shape index (κ1) is 19.3. The Morgan fingerprint density at radius 2 is 2.00 bits per heavy atom. The van der Waals surface area contributed by atoms with Crippen LogP contribution in [0.3, 0.4) is 0 Å². The Morgan fingerprint density at radius 3 is 2.68 bits per heavy atom. The highest BCUT2D eigenvalue weighted by molar-refractivity contribution is 7.99. The van der Waals surface area contributed by atoms with E-state index < -0.39 is 0 Å². The molecule has 1 amide bonds. The number of methoxy groups -OCH3 is 1. The van der Waals surface area contributed by atoms with Crippen LogP contribution in [0.25, 0.3) is 0 Å². The number of ether oxygens (including phenoxy) is 1. The van der Waals surface area contributed by atoms with Crippen molar-refractivity contribution in [1.82, 2.24) is 15.2 Å². The average molecular weight is 359 g/mol. The molecule has 2 aromatic rings. The van der Waals surface area contributed by atoms with Crippen molar-refractivity contribution in [3.63, 3.8) is 0 Å². The van der Waals surface area contributed by atoms with Gasteiger partial charge in [0.05, 0.1) is 24.6 Å². The molecule has 1 unspecified atom stereocenters. The third-order valence-electron chi connectivity index (χ3n) is 3.82. The predicted molar refractivity (Wildman–Crippen MR) is 103 cm³/mol. The fourth-order valence-corrected chi connectivity index (χ4v) is 3.28. The number of para-hydroxylation sites is 1. The molecule has 0 saturated carbocycles. The van der Waals surface area contributed by atoms with E-state index in [1.54, 1.807) is 25.1 Å². The Bertz CT molecular complexity index is 665. The van der Waals surface area contributed by atoms with Gasteiger partial charge in [0.25, 0.3) is 0 Å². The van der Waals surface area contributed by atoms with Gasteiger partial charge in [0.2, 0.25) is 5.91 Å². The quantitative estimate of drug-likeness (QED) is 0.746. The number of pyridine rings is 1. The lowest BCUT2D eigenvalue weighted by Crippen LogP contribution is -2.35. The smallest absolute Gasteiger partial charge is 0.230 e. The van der Waals surface area contributed by atoms with Crippen molar-refractivity contribution in [2.75, 3.05) is 33.5 Å². The second kappa shape index (κ2) is 10.1. The molecule has 1 atom stereocenters. The van der Waals surface area contributed by atoms with E-state index in [0.29, 0.717) is 12.3 Å². The van der Waals surface area contributed by atoms with Crippen LogP contribution in [0.1, 0.15) is 17.3 Å². The second-order valence-electron chi connectivity index (χ2n) is 5.84. The summed E-state index contributed by atoms with van der Waals surface area (Å²) in [5.41, 5.74) is 2.05. The minimum atomic E-state index is 0.0303. The van der Waals surface area contributed by atoms with Gasteiger partial charge in [-0.3, -0.25) is 9.78 Å². The first-order chi connectivity index (χ1) is 12.1. The van der Waals surface area contributed by atoms with E-state index in [4.69, 9.17) is 4.74 Å². The Labute approximate surface area is 153 Å². The highest BCUT2D eigenvalue weighted by atomic mass is 32.2. The Kier molecular flexibility index (Phi) is 7.76. The first-order valence-electron chi connectivity index (χ1n) is 8.15. The minimum absolute atomic E-state index is 0.0303. The number of aromatic nitrogens is 1. The lowest BCUT2D eigenvalue weighted by atomic mass is 10.0. The molecule has 5 nitrogen and oxygen atoms in total. The number of carbonyl (C=O) groups excluding carboxylic acids is 1. The van der Waals surface area contributed by atoms with Gasteiger partial charge in [0, 0.05) is 24.1 Å². The van der Waals surface area contributed by atoms with Crippen LogP contribution in [0.2, 0.25) is 0 Å². The van der Waals surface area contributed by atoms with E-state index in [2.05, 4.69) is 15.2 Å². The summed E-state index contributed by atoms with van der Waals surface area (Å²) < 4.78 is 5.45. The van der Waals surface area contributed by atoms with E-state index in [-0.39, 0.29) is 11.9 Å². The molecule has 1 N–H and O–H groups in total. The van der Waals surface area contributed by atoms with Crippen molar-refractivity contribution in [2.45, 2.75) is 11.8 Å². The van der Waals surface area contributed by atoms with E-state index in [1.165, 1.54) is 0 Å². The van der Waals surface area contributed by atoms with Crippen LogP contribution < -0.4 is 10.1 Å². The molecule has 134 valence electrons. The minimum Gasteiger partial charge on any atom is -0.496 e. The fourth-order valence-electron chi connectivity index (χ4n) is 2.51. The summed E-state index contributed by atoms with van der Waals surface area (Å²) in [6.07, 6.45) is 1.77. The van der Waals surface area contributed by atoms with Crippen molar-refractivity contribution >= 4 is 17.7 Å². The van der Waals surface area contributed by atoms with Gasteiger partial charge in [-0.05, 0) is 32.3 Å². The zero-order valence-corrected chi connectivity index (χ0v) is 15.8. The number of likely N-dealkylation sites (N-methyl/N-ethyl adjacent to an activating group) is 1. The number of benzene rings is 1. The molecule has 0 saturated heterocycles. The zero-order chi connectivity index (χ0) is 18.1. The van der Waals surface area contributed by atoms with E-state index >= 15 is 0 Å². The lowest BCUT2D eigenvalue weighted by molar-refractivity contribution is -0.118. The maximum Gasteiger partial charge on any atom is 0.230 e. The molecule has 0 aliphatic carbocycles. The SMILES string of the molecule is COc1ccccc1C(CNC(=O)CSCc1ccccn1)N(C)C. The molecule has 6 heteroatoms. The first-order valence-corrected chi connectivity index (χ1v) is 9.31. The van der Waals surface area contributed by atoms with Crippen molar-refractivity contribution < 1.29 is 9.53 Å². The van der Waals surface area contributed by atoms with Crippen LogP contribution in [0.5, 0.6) is 5.75 Å². The summed E-state index contributed by atoms with van der Waals surface area (Å²) in [4.78, 5) is 18.5. The summed E-state index contributed by atoms with van der Waals surface area (Å²) >= 11 is 1.57. The number of nitrogens with one attached hydrogen (secondary N) is 1. The number of hydrogen-bond donors (Lipinski definition) is 1. The maximum atomic E-state index is 12.1. The lowest BCUT2D eigenvalue weighted by Gasteiger charge is -2.26. The topological polar surface area (TPSA) is 54.5 Å².